The molecule has 0 aromatic carbocycles. The van der Waals surface area contributed by atoms with Gasteiger partial charge in [0.05, 0.1) is 5.69 Å². The van der Waals surface area contributed by atoms with E-state index in [2.05, 4.69) is 15.3 Å². The van der Waals surface area contributed by atoms with Crippen molar-refractivity contribution in [3.63, 3.8) is 0 Å². The molecule has 0 radical (unpaired) electrons. The summed E-state index contributed by atoms with van der Waals surface area (Å²) in [5.74, 6) is 0. The summed E-state index contributed by atoms with van der Waals surface area (Å²) in [5.41, 5.74) is 1.75. The molecule has 0 aliphatic rings. The smallest absolute Gasteiger partial charge is 0.177 e. The molecule has 4 nitrogen and oxygen atoms in total. The van der Waals surface area contributed by atoms with Crippen LogP contribution in [0.15, 0.2) is 18.5 Å². The van der Waals surface area contributed by atoms with Crippen molar-refractivity contribution >= 4 is 5.65 Å². The van der Waals surface area contributed by atoms with Crippen molar-refractivity contribution in [3.8, 4) is 0 Å². The van der Waals surface area contributed by atoms with Crippen molar-refractivity contribution in [3.05, 3.63) is 24.2 Å². The Kier molecular flexibility index (Phi) is 0.943. The fourth-order valence-electron chi connectivity index (χ4n) is 0.824. The van der Waals surface area contributed by atoms with Crippen LogP contribution in [0.2, 0.25) is 0 Å². The van der Waals surface area contributed by atoms with Gasteiger partial charge in [0, 0.05) is 0 Å². The predicted molar refractivity (Wildman–Crippen MR) is 35.5 cm³/mol. The van der Waals surface area contributed by atoms with Gasteiger partial charge in [0.25, 0.3) is 0 Å². The van der Waals surface area contributed by atoms with Gasteiger partial charge in [0.15, 0.2) is 5.65 Å². The molecule has 2 aromatic rings. The maximum absolute atomic E-state index is 4.13. The second kappa shape index (κ2) is 1.76. The summed E-state index contributed by atoms with van der Waals surface area (Å²) in [6.07, 6.45) is 1.59. The third-order valence-corrected chi connectivity index (χ3v) is 1.30. The highest BCUT2D eigenvalue weighted by Gasteiger charge is 1.92. The minimum atomic E-state index is 0.783. The summed E-state index contributed by atoms with van der Waals surface area (Å²) in [7, 11) is 0. The van der Waals surface area contributed by atoms with Crippen molar-refractivity contribution in [1.82, 2.24) is 19.8 Å². The zero-order chi connectivity index (χ0) is 6.97. The molecule has 0 spiro atoms. The lowest BCUT2D eigenvalue weighted by atomic mass is 10.4. The van der Waals surface area contributed by atoms with Crippen LogP contribution in [-0.2, 0) is 0 Å². The van der Waals surface area contributed by atoms with Gasteiger partial charge in [-0.15, -0.1) is 10.2 Å². The maximum Gasteiger partial charge on any atom is 0.177 e. The van der Waals surface area contributed by atoms with Crippen LogP contribution in [0, 0.1) is 6.92 Å². The quantitative estimate of drug-likeness (QED) is 0.524. The van der Waals surface area contributed by atoms with E-state index < -0.39 is 0 Å². The predicted octanol–water partition coefficient (Wildman–Crippen LogP) is 0.433. The molecule has 4 heteroatoms. The minimum absolute atomic E-state index is 0.783. The molecule has 50 valence electrons. The van der Waals surface area contributed by atoms with E-state index in [0.29, 0.717) is 0 Å². The molecule has 0 fully saturated rings. The van der Waals surface area contributed by atoms with Crippen LogP contribution < -0.4 is 0 Å². The Hall–Kier alpha value is -1.45. The molecule has 2 rings (SSSR count). The SMILES string of the molecule is Cc1ccc2nncn2n1. The average Bonchev–Trinajstić information content (AvgIpc) is 2.33. The van der Waals surface area contributed by atoms with E-state index in [1.54, 1.807) is 10.8 Å². The molecule has 0 saturated carbocycles. The second-order valence-corrected chi connectivity index (χ2v) is 2.11. The maximum atomic E-state index is 4.13. The van der Waals surface area contributed by atoms with Gasteiger partial charge in [0.2, 0.25) is 0 Å². The van der Waals surface area contributed by atoms with Gasteiger partial charge in [-0.25, -0.2) is 4.52 Å². The monoisotopic (exact) mass is 134 g/mol. The molecule has 0 aliphatic heterocycles. The van der Waals surface area contributed by atoms with Crippen LogP contribution in [0.4, 0.5) is 0 Å². The minimum Gasteiger partial charge on any atom is -0.200 e. The van der Waals surface area contributed by atoms with Crippen molar-refractivity contribution in [2.24, 2.45) is 0 Å². The summed E-state index contributed by atoms with van der Waals surface area (Å²) in [4.78, 5) is 0. The summed E-state index contributed by atoms with van der Waals surface area (Å²) >= 11 is 0. The van der Waals surface area contributed by atoms with E-state index in [9.17, 15) is 0 Å². The zero-order valence-corrected chi connectivity index (χ0v) is 5.52. The zero-order valence-electron chi connectivity index (χ0n) is 5.52. The highest BCUT2D eigenvalue weighted by atomic mass is 15.3. The van der Waals surface area contributed by atoms with Gasteiger partial charge in [0.1, 0.15) is 6.33 Å². The van der Waals surface area contributed by atoms with Crippen LogP contribution in [0.25, 0.3) is 5.65 Å². The summed E-state index contributed by atoms with van der Waals surface area (Å²) in [6, 6.07) is 3.79. The third-order valence-electron chi connectivity index (χ3n) is 1.30. The molecule has 0 amide bonds. The Morgan fingerprint density at radius 2 is 2.30 bits per heavy atom. The molecule has 0 aliphatic carbocycles. The van der Waals surface area contributed by atoms with Crippen molar-refractivity contribution in [2.45, 2.75) is 6.92 Å². The van der Waals surface area contributed by atoms with Gasteiger partial charge >= 0.3 is 0 Å². The van der Waals surface area contributed by atoms with Gasteiger partial charge in [-0.3, -0.25) is 0 Å². The number of aryl methyl sites for hydroxylation is 1. The Morgan fingerprint density at radius 1 is 1.40 bits per heavy atom. The molecule has 0 bridgehead atoms. The van der Waals surface area contributed by atoms with Crippen LogP contribution >= 0.6 is 0 Å². The second-order valence-electron chi connectivity index (χ2n) is 2.11. The van der Waals surface area contributed by atoms with Gasteiger partial charge in [-0.2, -0.15) is 5.10 Å². The fraction of sp³-hybridized carbons (Fsp3) is 0.167. The fourth-order valence-corrected chi connectivity index (χ4v) is 0.824. The first-order chi connectivity index (χ1) is 4.86. The molecular weight excluding hydrogens is 128 g/mol. The van der Waals surface area contributed by atoms with Crippen LogP contribution in [0.5, 0.6) is 0 Å². The molecular formula is C6H6N4. The topological polar surface area (TPSA) is 43.1 Å². The molecule has 0 saturated heterocycles. The summed E-state index contributed by atoms with van der Waals surface area (Å²) < 4.78 is 1.65. The summed E-state index contributed by atoms with van der Waals surface area (Å²) in [6.45, 7) is 1.93. The van der Waals surface area contributed by atoms with Crippen molar-refractivity contribution < 1.29 is 0 Å². The third kappa shape index (κ3) is 0.655. The van der Waals surface area contributed by atoms with Crippen LogP contribution in [0.1, 0.15) is 5.69 Å². The first-order valence-electron chi connectivity index (χ1n) is 3.00. The summed E-state index contributed by atoms with van der Waals surface area (Å²) in [5, 5.41) is 11.6. The Labute approximate surface area is 57.5 Å². The van der Waals surface area contributed by atoms with E-state index >= 15 is 0 Å². The van der Waals surface area contributed by atoms with E-state index in [0.717, 1.165) is 11.3 Å². The number of hydrogen-bond acceptors (Lipinski definition) is 3. The molecule has 2 aromatic heterocycles. The molecule has 0 N–H and O–H groups in total. The van der Waals surface area contributed by atoms with E-state index in [1.807, 2.05) is 19.1 Å². The number of aromatic nitrogens is 4. The van der Waals surface area contributed by atoms with Crippen molar-refractivity contribution in [1.29, 1.82) is 0 Å². The largest absolute Gasteiger partial charge is 0.200 e. The van der Waals surface area contributed by atoms with Gasteiger partial charge in [-0.1, -0.05) is 0 Å². The van der Waals surface area contributed by atoms with Crippen molar-refractivity contribution in [2.75, 3.05) is 0 Å². The average molecular weight is 134 g/mol. The van der Waals surface area contributed by atoms with Crippen LogP contribution in [-0.4, -0.2) is 19.8 Å². The lowest BCUT2D eigenvalue weighted by Crippen LogP contribution is -1.91. The lowest BCUT2D eigenvalue weighted by Gasteiger charge is -1.90. The highest BCUT2D eigenvalue weighted by molar-refractivity contribution is 5.33. The normalized spacial score (nSPS) is 10.5. The number of fused-ring (bicyclic) bond motifs is 1. The first kappa shape index (κ1) is 5.34. The van der Waals surface area contributed by atoms with E-state index in [1.165, 1.54) is 0 Å². The molecule has 0 atom stereocenters. The number of nitrogens with zero attached hydrogens (tertiary/aromatic N) is 4. The van der Waals surface area contributed by atoms with Gasteiger partial charge in [-0.05, 0) is 19.1 Å². The van der Waals surface area contributed by atoms with Gasteiger partial charge < -0.3 is 0 Å². The van der Waals surface area contributed by atoms with Crippen LogP contribution in [0.3, 0.4) is 0 Å². The number of hydrogen-bond donors (Lipinski definition) is 0. The first-order valence-corrected chi connectivity index (χ1v) is 3.00. The molecule has 2 heterocycles. The Morgan fingerprint density at radius 3 is 3.20 bits per heavy atom. The van der Waals surface area contributed by atoms with E-state index in [-0.39, 0.29) is 0 Å². The standard InChI is InChI=1S/C6H6N4/c1-5-2-3-6-8-7-4-10(6)9-5/h2-4H,1H3. The Balaban J connectivity index is 2.86. The highest BCUT2D eigenvalue weighted by Crippen LogP contribution is 1.96. The Bertz CT molecular complexity index is 351. The number of rotatable bonds is 0. The molecule has 10 heavy (non-hydrogen) atoms. The van der Waals surface area contributed by atoms with E-state index in [4.69, 9.17) is 0 Å². The molecule has 0 unspecified atom stereocenters. The lowest BCUT2D eigenvalue weighted by molar-refractivity contribution is 0.893.